The van der Waals surface area contributed by atoms with Crippen molar-refractivity contribution in [3.05, 3.63) is 23.4 Å². The lowest BCUT2D eigenvalue weighted by molar-refractivity contribution is 0.101. The highest BCUT2D eigenvalue weighted by Crippen LogP contribution is 2.28. The highest BCUT2D eigenvalue weighted by molar-refractivity contribution is 7.10. The number of carbonyl (C=O) groups is 1. The van der Waals surface area contributed by atoms with Crippen molar-refractivity contribution >= 4 is 22.3 Å². The quantitative estimate of drug-likeness (QED) is 0.855. The Labute approximate surface area is 109 Å². The van der Waals surface area contributed by atoms with E-state index in [4.69, 9.17) is 0 Å². The predicted octanol–water partition coefficient (Wildman–Crippen LogP) is 1.96. The van der Waals surface area contributed by atoms with Gasteiger partial charge in [0.05, 0.1) is 17.3 Å². The summed E-state index contributed by atoms with van der Waals surface area (Å²) < 4.78 is 6.06. The number of anilines is 1. The van der Waals surface area contributed by atoms with Crippen LogP contribution in [-0.2, 0) is 7.05 Å². The van der Waals surface area contributed by atoms with E-state index >= 15 is 0 Å². The average molecular weight is 265 g/mol. The topological polar surface area (TPSA) is 72.7 Å². The van der Waals surface area contributed by atoms with Gasteiger partial charge in [0.1, 0.15) is 11.3 Å². The molecule has 96 valence electrons. The van der Waals surface area contributed by atoms with Crippen LogP contribution in [0.25, 0.3) is 0 Å². The Morgan fingerprint density at radius 3 is 2.83 bits per heavy atom. The molecule has 1 atom stereocenters. The number of hydrogen-bond donors (Lipinski definition) is 1. The molecule has 0 aliphatic carbocycles. The molecule has 0 amide bonds. The SMILES string of the molecule is CC(=O)c1c(C)nsc1NC(C)c1nncn1C. The first-order valence-corrected chi connectivity index (χ1v) is 6.35. The molecule has 7 heteroatoms. The van der Waals surface area contributed by atoms with Crippen LogP contribution in [0.3, 0.4) is 0 Å². The van der Waals surface area contributed by atoms with Crippen LogP contribution in [0.15, 0.2) is 6.33 Å². The molecular formula is C11H15N5OS. The average Bonchev–Trinajstić information content (AvgIpc) is 2.85. The van der Waals surface area contributed by atoms with Gasteiger partial charge in [-0.25, -0.2) is 0 Å². The summed E-state index contributed by atoms with van der Waals surface area (Å²) in [5, 5.41) is 11.9. The molecule has 0 saturated heterocycles. The van der Waals surface area contributed by atoms with E-state index in [0.717, 1.165) is 16.5 Å². The van der Waals surface area contributed by atoms with Gasteiger partial charge in [-0.3, -0.25) is 4.79 Å². The number of carbonyl (C=O) groups excluding carboxylic acids is 1. The van der Waals surface area contributed by atoms with Crippen LogP contribution in [0.4, 0.5) is 5.00 Å². The lowest BCUT2D eigenvalue weighted by Gasteiger charge is -2.13. The number of rotatable bonds is 4. The van der Waals surface area contributed by atoms with Crippen molar-refractivity contribution in [3.63, 3.8) is 0 Å². The molecule has 6 nitrogen and oxygen atoms in total. The zero-order valence-corrected chi connectivity index (χ0v) is 11.6. The first-order valence-electron chi connectivity index (χ1n) is 5.58. The summed E-state index contributed by atoms with van der Waals surface area (Å²) in [5.74, 6) is 0.837. The van der Waals surface area contributed by atoms with Crippen LogP contribution in [-0.4, -0.2) is 24.9 Å². The first-order chi connectivity index (χ1) is 8.50. The Kier molecular flexibility index (Phi) is 3.42. The van der Waals surface area contributed by atoms with Crippen molar-refractivity contribution in [1.82, 2.24) is 19.1 Å². The van der Waals surface area contributed by atoms with E-state index in [2.05, 4.69) is 19.9 Å². The lowest BCUT2D eigenvalue weighted by Crippen LogP contribution is -2.12. The maximum atomic E-state index is 11.6. The molecular weight excluding hydrogens is 250 g/mol. The molecule has 0 fully saturated rings. The minimum Gasteiger partial charge on any atom is -0.365 e. The van der Waals surface area contributed by atoms with Gasteiger partial charge < -0.3 is 9.88 Å². The van der Waals surface area contributed by atoms with Gasteiger partial charge in [-0.15, -0.1) is 10.2 Å². The van der Waals surface area contributed by atoms with Crippen molar-refractivity contribution in [2.45, 2.75) is 26.8 Å². The van der Waals surface area contributed by atoms with E-state index in [1.165, 1.54) is 11.5 Å². The molecule has 2 aromatic rings. The van der Waals surface area contributed by atoms with Gasteiger partial charge in [-0.1, -0.05) is 0 Å². The molecule has 2 heterocycles. The summed E-state index contributed by atoms with van der Waals surface area (Å²) in [7, 11) is 1.89. The van der Waals surface area contributed by atoms with Crippen LogP contribution >= 0.6 is 11.5 Å². The zero-order chi connectivity index (χ0) is 13.3. The molecule has 2 rings (SSSR count). The number of nitrogens with zero attached hydrogens (tertiary/aromatic N) is 4. The standard InChI is InChI=1S/C11H15N5OS/c1-6-9(8(3)17)11(18-15-6)13-7(2)10-14-12-5-16(10)4/h5,7,13H,1-4H3. The van der Waals surface area contributed by atoms with E-state index in [9.17, 15) is 4.79 Å². The molecule has 0 aromatic carbocycles. The number of hydrogen-bond acceptors (Lipinski definition) is 6. The Hall–Kier alpha value is -1.76. The molecule has 18 heavy (non-hydrogen) atoms. The van der Waals surface area contributed by atoms with E-state index in [-0.39, 0.29) is 11.8 Å². The van der Waals surface area contributed by atoms with Crippen LogP contribution in [0, 0.1) is 6.92 Å². The Balaban J connectivity index is 2.25. The molecule has 1 N–H and O–H groups in total. The van der Waals surface area contributed by atoms with Gasteiger partial charge >= 0.3 is 0 Å². The number of aryl methyl sites for hydroxylation is 2. The molecule has 1 unspecified atom stereocenters. The van der Waals surface area contributed by atoms with Gasteiger partial charge in [0.2, 0.25) is 0 Å². The van der Waals surface area contributed by atoms with Crippen molar-refractivity contribution in [1.29, 1.82) is 0 Å². The monoisotopic (exact) mass is 265 g/mol. The third-order valence-electron chi connectivity index (χ3n) is 2.70. The maximum Gasteiger partial charge on any atom is 0.164 e. The Bertz CT molecular complexity index is 574. The van der Waals surface area contributed by atoms with E-state index in [0.29, 0.717) is 5.56 Å². The summed E-state index contributed by atoms with van der Waals surface area (Å²) >= 11 is 1.30. The largest absolute Gasteiger partial charge is 0.365 e. The molecule has 0 bridgehead atoms. The highest BCUT2D eigenvalue weighted by Gasteiger charge is 2.18. The second-order valence-corrected chi connectivity index (χ2v) is 4.97. The molecule has 0 saturated carbocycles. The third-order valence-corrected chi connectivity index (χ3v) is 3.57. The van der Waals surface area contributed by atoms with Gasteiger partial charge in [-0.2, -0.15) is 4.37 Å². The fourth-order valence-electron chi connectivity index (χ4n) is 1.83. The van der Waals surface area contributed by atoms with Crippen molar-refractivity contribution in [2.24, 2.45) is 7.05 Å². The fraction of sp³-hybridized carbons (Fsp3) is 0.455. The number of Topliss-reactive ketones (excluding diaryl/α,β-unsaturated/α-hetero) is 1. The molecule has 2 aromatic heterocycles. The highest BCUT2D eigenvalue weighted by atomic mass is 32.1. The van der Waals surface area contributed by atoms with E-state index < -0.39 is 0 Å². The Morgan fingerprint density at radius 2 is 2.28 bits per heavy atom. The second-order valence-electron chi connectivity index (χ2n) is 4.19. The number of aromatic nitrogens is 4. The van der Waals surface area contributed by atoms with Crippen molar-refractivity contribution in [2.75, 3.05) is 5.32 Å². The summed E-state index contributed by atoms with van der Waals surface area (Å²) in [6, 6.07) is -0.0320. The van der Waals surface area contributed by atoms with Gasteiger partial charge in [0, 0.05) is 7.05 Å². The van der Waals surface area contributed by atoms with Crippen molar-refractivity contribution < 1.29 is 4.79 Å². The molecule has 0 aliphatic heterocycles. The first kappa shape index (κ1) is 12.7. The van der Waals surface area contributed by atoms with Crippen LogP contribution in [0.2, 0.25) is 0 Å². The van der Waals surface area contributed by atoms with Crippen molar-refractivity contribution in [3.8, 4) is 0 Å². The van der Waals surface area contributed by atoms with Gasteiger partial charge in [0.25, 0.3) is 0 Å². The normalized spacial score (nSPS) is 12.4. The van der Waals surface area contributed by atoms with Gasteiger partial charge in [0.15, 0.2) is 11.6 Å². The molecule has 0 spiro atoms. The summed E-state index contributed by atoms with van der Waals surface area (Å²) in [5.41, 5.74) is 1.43. The number of ketones is 1. The van der Waals surface area contributed by atoms with Crippen LogP contribution in [0.5, 0.6) is 0 Å². The third kappa shape index (κ3) is 2.26. The smallest absolute Gasteiger partial charge is 0.164 e. The number of nitrogens with one attached hydrogen (secondary N) is 1. The van der Waals surface area contributed by atoms with Gasteiger partial charge in [-0.05, 0) is 32.3 Å². The van der Waals surface area contributed by atoms with Crippen LogP contribution in [0.1, 0.15) is 41.8 Å². The molecule has 0 aliphatic rings. The second kappa shape index (κ2) is 4.85. The predicted molar refractivity (Wildman–Crippen MR) is 69.9 cm³/mol. The zero-order valence-electron chi connectivity index (χ0n) is 10.8. The summed E-state index contributed by atoms with van der Waals surface area (Å²) in [4.78, 5) is 11.6. The summed E-state index contributed by atoms with van der Waals surface area (Å²) in [6.45, 7) is 5.36. The fourth-order valence-corrected chi connectivity index (χ4v) is 2.76. The summed E-state index contributed by atoms with van der Waals surface area (Å²) in [6.07, 6.45) is 1.65. The van der Waals surface area contributed by atoms with E-state index in [1.54, 1.807) is 13.3 Å². The van der Waals surface area contributed by atoms with E-state index in [1.807, 2.05) is 25.5 Å². The minimum atomic E-state index is -0.0320. The lowest BCUT2D eigenvalue weighted by atomic mass is 10.2. The van der Waals surface area contributed by atoms with Crippen LogP contribution < -0.4 is 5.32 Å². The minimum absolute atomic E-state index is 0.0221. The maximum absolute atomic E-state index is 11.6. The Morgan fingerprint density at radius 1 is 1.56 bits per heavy atom. The molecule has 0 radical (unpaired) electrons.